The number of hydrogen-bond acceptors (Lipinski definition) is 8. The van der Waals surface area contributed by atoms with Gasteiger partial charge in [-0.3, -0.25) is 0 Å². The van der Waals surface area contributed by atoms with E-state index < -0.39 is 18.2 Å². The smallest absolute Gasteiger partial charge is 0.200 e. The lowest BCUT2D eigenvalue weighted by molar-refractivity contribution is 0.0920. The Hall–Kier alpha value is -3.12. The predicted octanol–water partition coefficient (Wildman–Crippen LogP) is 7.83. The summed E-state index contributed by atoms with van der Waals surface area (Å²) in [6.45, 7) is 19.2. The van der Waals surface area contributed by atoms with E-state index in [1.165, 1.54) is 12.3 Å². The van der Waals surface area contributed by atoms with E-state index in [1.807, 2.05) is 25.1 Å². The molecule has 3 heterocycles. The number of hydrogen-bond donors (Lipinski definition) is 2. The Morgan fingerprint density at radius 2 is 1.54 bits per heavy atom. The molecular weight excluding hydrogens is 619 g/mol. The van der Waals surface area contributed by atoms with Crippen LogP contribution in [0, 0.1) is 5.92 Å². The number of rotatable bonds is 15. The zero-order valence-corrected chi connectivity index (χ0v) is 30.7. The number of pyridine rings is 1. The number of benzene rings is 1. The normalized spacial score (nSPS) is 17.8. The van der Waals surface area contributed by atoms with E-state index in [4.69, 9.17) is 18.6 Å². The third-order valence-electron chi connectivity index (χ3n) is 8.87. The highest BCUT2D eigenvalue weighted by molar-refractivity contribution is 7.90. The van der Waals surface area contributed by atoms with Crippen LogP contribution in [0.5, 0.6) is 17.2 Å². The highest BCUT2D eigenvalue weighted by atomic mass is 32.2. The third kappa shape index (κ3) is 8.23. The maximum atomic E-state index is 11.8. The molecule has 46 heavy (non-hydrogen) atoms. The van der Waals surface area contributed by atoms with Gasteiger partial charge in [-0.05, 0) is 66.9 Å². The van der Waals surface area contributed by atoms with Gasteiger partial charge in [0.2, 0.25) is 0 Å². The van der Waals surface area contributed by atoms with Gasteiger partial charge in [-0.1, -0.05) is 47.6 Å². The van der Waals surface area contributed by atoms with Crippen molar-refractivity contribution in [2.24, 2.45) is 5.92 Å². The molecule has 1 aromatic carbocycles. The summed E-state index contributed by atoms with van der Waals surface area (Å²) in [6.07, 6.45) is 4.65. The summed E-state index contributed by atoms with van der Waals surface area (Å²) in [5.74, 6) is 1.83. The van der Waals surface area contributed by atoms with Gasteiger partial charge in [0.05, 0.1) is 24.2 Å². The molecule has 3 atom stereocenters. The van der Waals surface area contributed by atoms with Crippen molar-refractivity contribution in [2.45, 2.75) is 89.2 Å². The van der Waals surface area contributed by atoms with Gasteiger partial charge in [-0.15, -0.1) is 0 Å². The zero-order chi connectivity index (χ0) is 33.8. The Labute approximate surface area is 276 Å². The van der Waals surface area contributed by atoms with Gasteiger partial charge in [0.15, 0.2) is 23.2 Å². The second-order valence-electron chi connectivity index (χ2n) is 13.4. The molecule has 4 rings (SSSR count). The average molecular weight is 670 g/mol. The molecule has 11 heteroatoms. The summed E-state index contributed by atoms with van der Waals surface area (Å²) < 4.78 is 48.1. The summed E-state index contributed by atoms with van der Waals surface area (Å²) in [5.41, 5.74) is 5.45. The Morgan fingerprint density at radius 3 is 2.13 bits per heavy atom. The summed E-state index contributed by atoms with van der Waals surface area (Å²) in [6, 6.07) is 13.1. The molecule has 0 spiro atoms. The molecule has 1 aliphatic heterocycles. The predicted molar refractivity (Wildman–Crippen MR) is 187 cm³/mol. The van der Waals surface area contributed by atoms with Crippen LogP contribution in [0.4, 0.5) is 0 Å². The summed E-state index contributed by atoms with van der Waals surface area (Å²) in [4.78, 5) is 7.63. The first-order valence-electron chi connectivity index (χ1n) is 16.1. The number of nitrogens with one attached hydrogen (secondary N) is 2. The van der Waals surface area contributed by atoms with E-state index in [9.17, 15) is 8.42 Å². The second-order valence-corrected chi connectivity index (χ2v) is 20.8. The lowest BCUT2D eigenvalue weighted by Crippen LogP contribution is -2.49. The van der Waals surface area contributed by atoms with Crippen molar-refractivity contribution >= 4 is 23.9 Å². The molecule has 0 saturated heterocycles. The number of ether oxygens (including phenoxy) is 3. The van der Waals surface area contributed by atoms with Gasteiger partial charge in [0, 0.05) is 49.3 Å². The number of aromatic amines is 1. The van der Waals surface area contributed by atoms with Gasteiger partial charge in [0.25, 0.3) is 0 Å². The molecule has 0 amide bonds. The van der Waals surface area contributed by atoms with Crippen molar-refractivity contribution in [3.8, 4) is 28.5 Å². The van der Waals surface area contributed by atoms with Crippen LogP contribution in [-0.4, -0.2) is 65.4 Å². The van der Waals surface area contributed by atoms with E-state index in [1.54, 1.807) is 19.2 Å². The van der Waals surface area contributed by atoms with E-state index in [0.717, 1.165) is 28.9 Å². The number of nitrogens with zero attached hydrogens (tertiary/aromatic N) is 1. The SMILES string of the molecule is COC[C@H](C)Oc1cc(Oc2ccc(S(C)(=O)=O)nc2)cc(-c2ccc(C3=C[C@@H](CO[Si](C(C)C)(C(C)C)C(C)C)[C@H](C)N3)[nH]2)c1. The van der Waals surface area contributed by atoms with Crippen LogP contribution in [0.1, 0.15) is 61.1 Å². The molecule has 0 bridgehead atoms. The lowest BCUT2D eigenvalue weighted by atomic mass is 10.1. The van der Waals surface area contributed by atoms with E-state index >= 15 is 0 Å². The first kappa shape index (κ1) is 35.7. The van der Waals surface area contributed by atoms with Crippen LogP contribution >= 0.6 is 0 Å². The Balaban J connectivity index is 1.58. The molecule has 2 N–H and O–H groups in total. The molecule has 0 fully saturated rings. The fraction of sp³-hybridized carbons (Fsp3) is 0.514. The molecule has 3 aromatic rings. The molecular formula is C35H51N3O6SSi. The highest BCUT2D eigenvalue weighted by Gasteiger charge is 2.45. The third-order valence-corrected chi connectivity index (χ3v) is 16.0. The van der Waals surface area contributed by atoms with Crippen molar-refractivity contribution in [1.82, 2.24) is 15.3 Å². The fourth-order valence-corrected chi connectivity index (χ4v) is 12.8. The van der Waals surface area contributed by atoms with Crippen LogP contribution in [0.15, 0.2) is 59.8 Å². The van der Waals surface area contributed by atoms with E-state index in [0.29, 0.717) is 47.1 Å². The lowest BCUT2D eigenvalue weighted by Gasteiger charge is -2.43. The van der Waals surface area contributed by atoms with Gasteiger partial charge in [-0.25, -0.2) is 13.4 Å². The van der Waals surface area contributed by atoms with Crippen LogP contribution in [0.2, 0.25) is 16.6 Å². The fourth-order valence-electron chi connectivity index (χ4n) is 6.72. The molecule has 0 unspecified atom stereocenters. The minimum absolute atomic E-state index is 0.0101. The Bertz CT molecular complexity index is 1580. The van der Waals surface area contributed by atoms with Crippen LogP contribution in [-0.2, 0) is 19.0 Å². The molecule has 2 aromatic heterocycles. The topological polar surface area (TPSA) is 112 Å². The summed E-state index contributed by atoms with van der Waals surface area (Å²) in [7, 11) is -3.73. The van der Waals surface area contributed by atoms with E-state index in [2.05, 4.69) is 75.9 Å². The van der Waals surface area contributed by atoms with Crippen molar-refractivity contribution in [1.29, 1.82) is 0 Å². The maximum Gasteiger partial charge on any atom is 0.200 e. The maximum absolute atomic E-state index is 11.8. The molecule has 252 valence electrons. The average Bonchev–Trinajstić information content (AvgIpc) is 3.60. The summed E-state index contributed by atoms with van der Waals surface area (Å²) >= 11 is 0. The van der Waals surface area contributed by atoms with Crippen molar-refractivity contribution in [3.63, 3.8) is 0 Å². The largest absolute Gasteiger partial charge is 0.488 e. The summed E-state index contributed by atoms with van der Waals surface area (Å²) in [5, 5.41) is 3.66. The Morgan fingerprint density at radius 1 is 0.891 bits per heavy atom. The molecule has 9 nitrogen and oxygen atoms in total. The standard InChI is InChI=1S/C35H51N3O6SSi/c1-22(2)46(23(3)4,24(5)6)42-21-28-17-34(37-26(28)8)33-13-12-32(38-33)27-15-30(43-25(7)20-41-9)18-31(16-27)44-29-11-14-35(36-19-29)45(10,39)40/h11-19,22-26,28,37-38H,20-21H2,1-10H3/t25-,26-,28-/m0/s1. The quantitative estimate of drug-likeness (QED) is 0.158. The van der Waals surface area contributed by atoms with Crippen molar-refractivity contribution < 1.29 is 27.1 Å². The number of aromatic nitrogens is 2. The second kappa shape index (κ2) is 14.7. The van der Waals surface area contributed by atoms with Gasteiger partial charge in [-0.2, -0.15) is 0 Å². The van der Waals surface area contributed by atoms with Crippen molar-refractivity contribution in [2.75, 3.05) is 26.6 Å². The zero-order valence-electron chi connectivity index (χ0n) is 28.9. The molecule has 0 saturated carbocycles. The van der Waals surface area contributed by atoms with Gasteiger partial charge < -0.3 is 28.9 Å². The monoisotopic (exact) mass is 669 g/mol. The van der Waals surface area contributed by atoms with Crippen LogP contribution in [0.3, 0.4) is 0 Å². The van der Waals surface area contributed by atoms with Crippen molar-refractivity contribution in [3.05, 3.63) is 60.4 Å². The first-order valence-corrected chi connectivity index (χ1v) is 20.1. The van der Waals surface area contributed by atoms with Crippen LogP contribution in [0.25, 0.3) is 17.0 Å². The Kier molecular flexibility index (Phi) is 11.5. The van der Waals surface area contributed by atoms with Gasteiger partial charge in [0.1, 0.15) is 23.4 Å². The highest BCUT2D eigenvalue weighted by Crippen LogP contribution is 2.43. The van der Waals surface area contributed by atoms with Gasteiger partial charge >= 0.3 is 0 Å². The van der Waals surface area contributed by atoms with Crippen LogP contribution < -0.4 is 14.8 Å². The van der Waals surface area contributed by atoms with E-state index in [-0.39, 0.29) is 23.1 Å². The first-order chi connectivity index (χ1) is 21.6. The molecule has 0 radical (unpaired) electrons. The number of sulfone groups is 1. The minimum Gasteiger partial charge on any atom is -0.488 e. The minimum atomic E-state index is -3.41. The number of methoxy groups -OCH3 is 1. The number of H-pyrrole nitrogens is 1. The molecule has 0 aliphatic carbocycles. The molecule has 1 aliphatic rings.